The van der Waals surface area contributed by atoms with E-state index in [0.29, 0.717) is 24.2 Å². The standard InChI is InChI=1S/C24H29F3N6O/c1-32-20(14-33-9-2-10-33)18(13-30-32)15-11-17-21(19(25)12-15)28-7-8-29-22(17)23(34)31-16-3-5-24(26,27)6-4-16/h11-13,16,28H,2-10,14H2,1H3,(H,31,34). The van der Waals surface area contributed by atoms with Crippen LogP contribution in [0.5, 0.6) is 0 Å². The molecule has 5 rings (SSSR count). The number of fused-ring (bicyclic) bond motifs is 1. The lowest BCUT2D eigenvalue weighted by Gasteiger charge is -2.31. The predicted molar refractivity (Wildman–Crippen MR) is 124 cm³/mol. The Labute approximate surface area is 196 Å². The van der Waals surface area contributed by atoms with Gasteiger partial charge in [0.15, 0.2) is 0 Å². The molecule has 2 aromatic rings. The van der Waals surface area contributed by atoms with Gasteiger partial charge >= 0.3 is 0 Å². The van der Waals surface area contributed by atoms with Gasteiger partial charge in [-0.25, -0.2) is 13.2 Å². The molecule has 3 aliphatic rings. The van der Waals surface area contributed by atoms with Gasteiger partial charge in [-0.05, 0) is 50.0 Å². The van der Waals surface area contributed by atoms with Gasteiger partial charge in [0.2, 0.25) is 5.92 Å². The summed E-state index contributed by atoms with van der Waals surface area (Å²) in [6.07, 6.45) is 2.81. The first-order valence-corrected chi connectivity index (χ1v) is 11.9. The Bertz CT molecular complexity index is 1110. The van der Waals surface area contributed by atoms with Gasteiger partial charge in [0.1, 0.15) is 11.5 Å². The number of aromatic nitrogens is 2. The molecular formula is C24H29F3N6O. The van der Waals surface area contributed by atoms with Gasteiger partial charge in [0, 0.05) is 50.1 Å². The minimum absolute atomic E-state index is 0.131. The Morgan fingerprint density at radius 1 is 1.24 bits per heavy atom. The van der Waals surface area contributed by atoms with Gasteiger partial charge in [-0.2, -0.15) is 5.10 Å². The quantitative estimate of drug-likeness (QED) is 0.697. The van der Waals surface area contributed by atoms with Crippen LogP contribution in [0.4, 0.5) is 18.9 Å². The van der Waals surface area contributed by atoms with Crippen LogP contribution in [0.1, 0.15) is 43.4 Å². The van der Waals surface area contributed by atoms with Crippen LogP contribution in [0.2, 0.25) is 0 Å². The molecule has 1 aliphatic carbocycles. The lowest BCUT2D eigenvalue weighted by Crippen LogP contribution is -2.43. The van der Waals surface area contributed by atoms with Crippen molar-refractivity contribution < 1.29 is 18.0 Å². The number of aliphatic imine (C=N–C) groups is 1. The van der Waals surface area contributed by atoms with Crippen molar-refractivity contribution in [1.29, 1.82) is 0 Å². The Hall–Kier alpha value is -2.88. The zero-order valence-corrected chi connectivity index (χ0v) is 19.2. The SMILES string of the molecule is Cn1ncc(-c2cc(F)c3c(c2)C(C(=O)NC2CCC(F)(F)CC2)=NCCN3)c1CN1CCC1. The van der Waals surface area contributed by atoms with Gasteiger partial charge < -0.3 is 10.6 Å². The van der Waals surface area contributed by atoms with E-state index in [2.05, 4.69) is 25.6 Å². The number of hydrogen-bond donors (Lipinski definition) is 2. The van der Waals surface area contributed by atoms with Crippen molar-refractivity contribution >= 4 is 17.3 Å². The highest BCUT2D eigenvalue weighted by molar-refractivity contribution is 6.46. The molecule has 1 amide bonds. The topological polar surface area (TPSA) is 74.5 Å². The number of aryl methyl sites for hydroxylation is 1. The average Bonchev–Trinajstić information content (AvgIpc) is 2.98. The summed E-state index contributed by atoms with van der Waals surface area (Å²) >= 11 is 0. The van der Waals surface area contributed by atoms with Crippen LogP contribution >= 0.6 is 0 Å². The lowest BCUT2D eigenvalue weighted by molar-refractivity contribution is -0.116. The van der Waals surface area contributed by atoms with E-state index in [4.69, 9.17) is 0 Å². The first kappa shape index (κ1) is 22.9. The number of carbonyl (C=O) groups excluding carboxylic acids is 1. The fourth-order valence-corrected chi connectivity index (χ4v) is 4.84. The van der Waals surface area contributed by atoms with Crippen LogP contribution in [-0.2, 0) is 18.4 Å². The molecule has 0 spiro atoms. The monoisotopic (exact) mass is 474 g/mol. The van der Waals surface area contributed by atoms with Crippen molar-refractivity contribution in [2.75, 3.05) is 31.5 Å². The van der Waals surface area contributed by atoms with Crippen molar-refractivity contribution in [3.8, 4) is 11.1 Å². The molecule has 7 nitrogen and oxygen atoms in total. The Morgan fingerprint density at radius 3 is 2.71 bits per heavy atom. The van der Waals surface area contributed by atoms with Crippen molar-refractivity contribution in [2.45, 2.75) is 50.6 Å². The maximum absolute atomic E-state index is 15.3. The zero-order chi connectivity index (χ0) is 23.9. The summed E-state index contributed by atoms with van der Waals surface area (Å²) in [4.78, 5) is 19.9. The highest BCUT2D eigenvalue weighted by atomic mass is 19.3. The van der Waals surface area contributed by atoms with Gasteiger partial charge in [0.25, 0.3) is 5.91 Å². The van der Waals surface area contributed by atoms with Crippen molar-refractivity contribution in [2.24, 2.45) is 12.0 Å². The fraction of sp³-hybridized carbons (Fsp3) is 0.542. The highest BCUT2D eigenvalue weighted by Crippen LogP contribution is 2.34. The minimum atomic E-state index is -2.67. The molecular weight excluding hydrogens is 445 g/mol. The second-order valence-electron chi connectivity index (χ2n) is 9.40. The largest absolute Gasteiger partial charge is 0.380 e. The second-order valence-corrected chi connectivity index (χ2v) is 9.40. The van der Waals surface area contributed by atoms with Crippen molar-refractivity contribution in [3.63, 3.8) is 0 Å². The molecule has 0 radical (unpaired) electrons. The minimum Gasteiger partial charge on any atom is -0.380 e. The molecule has 34 heavy (non-hydrogen) atoms. The molecule has 0 atom stereocenters. The number of hydrogen-bond acceptors (Lipinski definition) is 5. The van der Waals surface area contributed by atoms with Gasteiger partial charge in [-0.3, -0.25) is 19.4 Å². The second kappa shape index (κ2) is 9.05. The number of alkyl halides is 2. The van der Waals surface area contributed by atoms with E-state index in [1.165, 1.54) is 12.5 Å². The third-order valence-electron chi connectivity index (χ3n) is 6.99. The molecule has 182 valence electrons. The molecule has 2 N–H and O–H groups in total. The molecule has 1 aromatic heterocycles. The summed E-state index contributed by atoms with van der Waals surface area (Å²) in [5, 5.41) is 10.3. The smallest absolute Gasteiger partial charge is 0.270 e. The Kier molecular flexibility index (Phi) is 6.09. The summed E-state index contributed by atoms with van der Waals surface area (Å²) < 4.78 is 44.1. The third-order valence-corrected chi connectivity index (χ3v) is 6.99. The van der Waals surface area contributed by atoms with Crippen LogP contribution in [0, 0.1) is 5.82 Å². The summed E-state index contributed by atoms with van der Waals surface area (Å²) in [5.41, 5.74) is 3.16. The number of carbonyl (C=O) groups is 1. The maximum Gasteiger partial charge on any atom is 0.270 e. The predicted octanol–water partition coefficient (Wildman–Crippen LogP) is 3.34. The van der Waals surface area contributed by atoms with E-state index in [1.54, 1.807) is 16.9 Å². The van der Waals surface area contributed by atoms with E-state index in [0.717, 1.165) is 30.9 Å². The molecule has 0 unspecified atom stereocenters. The number of rotatable bonds is 5. The van der Waals surface area contributed by atoms with E-state index < -0.39 is 17.6 Å². The molecule has 1 aromatic carbocycles. The Morgan fingerprint density at radius 2 is 2.00 bits per heavy atom. The van der Waals surface area contributed by atoms with Crippen LogP contribution in [-0.4, -0.2) is 64.4 Å². The molecule has 0 bridgehead atoms. The maximum atomic E-state index is 15.3. The normalized spacial score (nSPS) is 20.5. The molecule has 1 saturated carbocycles. The Balaban J connectivity index is 1.45. The van der Waals surface area contributed by atoms with E-state index in [9.17, 15) is 13.6 Å². The van der Waals surface area contributed by atoms with Gasteiger partial charge in [0.05, 0.1) is 24.1 Å². The lowest BCUT2D eigenvalue weighted by atomic mass is 9.92. The number of anilines is 1. The summed E-state index contributed by atoms with van der Waals surface area (Å²) in [6.45, 7) is 3.47. The molecule has 1 saturated heterocycles. The number of likely N-dealkylation sites (tertiary alicyclic amines) is 1. The highest BCUT2D eigenvalue weighted by Gasteiger charge is 2.36. The van der Waals surface area contributed by atoms with Crippen molar-refractivity contribution in [1.82, 2.24) is 20.0 Å². The number of amides is 1. The number of halogens is 3. The first-order valence-electron chi connectivity index (χ1n) is 11.9. The average molecular weight is 475 g/mol. The number of nitrogens with one attached hydrogen (secondary N) is 2. The van der Waals surface area contributed by atoms with Gasteiger partial charge in [-0.1, -0.05) is 0 Å². The number of nitrogens with zero attached hydrogens (tertiary/aromatic N) is 4. The molecule has 10 heteroatoms. The molecule has 3 heterocycles. The zero-order valence-electron chi connectivity index (χ0n) is 19.2. The van der Waals surface area contributed by atoms with Crippen LogP contribution in [0.3, 0.4) is 0 Å². The van der Waals surface area contributed by atoms with E-state index >= 15 is 4.39 Å². The van der Waals surface area contributed by atoms with Gasteiger partial charge in [-0.15, -0.1) is 0 Å². The number of benzodiazepines with no additional fused rings is 1. The van der Waals surface area contributed by atoms with Crippen LogP contribution in [0.25, 0.3) is 11.1 Å². The van der Waals surface area contributed by atoms with E-state index in [1.807, 2.05) is 7.05 Å². The van der Waals surface area contributed by atoms with E-state index in [-0.39, 0.29) is 43.1 Å². The molecule has 2 fully saturated rings. The summed E-state index contributed by atoms with van der Waals surface area (Å²) in [6, 6.07) is 2.90. The number of benzene rings is 1. The third kappa shape index (κ3) is 4.55. The van der Waals surface area contributed by atoms with Crippen molar-refractivity contribution in [3.05, 3.63) is 35.4 Å². The fourth-order valence-electron chi connectivity index (χ4n) is 4.84. The van der Waals surface area contributed by atoms with Crippen LogP contribution in [0.15, 0.2) is 23.3 Å². The molecule has 2 aliphatic heterocycles. The first-order chi connectivity index (χ1) is 16.3. The summed E-state index contributed by atoms with van der Waals surface area (Å²) in [7, 11) is 1.87. The van der Waals surface area contributed by atoms with Crippen LogP contribution < -0.4 is 10.6 Å². The summed E-state index contributed by atoms with van der Waals surface area (Å²) in [5.74, 6) is -3.60.